The molecule has 6 heteroatoms. The van der Waals surface area contributed by atoms with Crippen molar-refractivity contribution in [3.8, 4) is 0 Å². The van der Waals surface area contributed by atoms with E-state index >= 15 is 0 Å². The Morgan fingerprint density at radius 1 is 1.19 bits per heavy atom. The van der Waals surface area contributed by atoms with E-state index in [1.807, 2.05) is 30.3 Å². The van der Waals surface area contributed by atoms with Gasteiger partial charge in [0.05, 0.1) is 17.4 Å². The van der Waals surface area contributed by atoms with Gasteiger partial charge in [-0.2, -0.15) is 0 Å². The van der Waals surface area contributed by atoms with Crippen LogP contribution in [0.2, 0.25) is 5.02 Å². The number of nitrogens with one attached hydrogen (secondary N) is 1. The summed E-state index contributed by atoms with van der Waals surface area (Å²) < 4.78 is 1.49. The number of anilines is 1. The second-order valence-electron chi connectivity index (χ2n) is 4.62. The van der Waals surface area contributed by atoms with Gasteiger partial charge in [0.2, 0.25) is 5.95 Å². The molecule has 0 radical (unpaired) electrons. The van der Waals surface area contributed by atoms with Gasteiger partial charge in [0.1, 0.15) is 0 Å². The van der Waals surface area contributed by atoms with Crippen molar-refractivity contribution in [2.45, 2.75) is 6.54 Å². The summed E-state index contributed by atoms with van der Waals surface area (Å²) in [5, 5.41) is 0.971. The molecule has 0 amide bonds. The number of fused-ring (bicyclic) bond motifs is 1. The fourth-order valence-corrected chi connectivity index (χ4v) is 2.39. The molecule has 0 fully saturated rings. The van der Waals surface area contributed by atoms with Crippen LogP contribution in [0.3, 0.4) is 0 Å². The summed E-state index contributed by atoms with van der Waals surface area (Å²) in [5.74, 6) is 5.81. The van der Waals surface area contributed by atoms with Gasteiger partial charge >= 0.3 is 0 Å². The molecule has 3 N–H and O–H groups in total. The van der Waals surface area contributed by atoms with Gasteiger partial charge in [-0.15, -0.1) is 0 Å². The maximum atomic E-state index is 12.6. The van der Waals surface area contributed by atoms with Crippen molar-refractivity contribution >= 4 is 28.5 Å². The van der Waals surface area contributed by atoms with Crippen LogP contribution in [0.25, 0.3) is 10.9 Å². The molecule has 0 unspecified atom stereocenters. The van der Waals surface area contributed by atoms with Gasteiger partial charge in [-0.1, -0.05) is 41.9 Å². The number of nitrogen functional groups attached to an aromatic ring is 1. The molecule has 0 saturated heterocycles. The maximum Gasteiger partial charge on any atom is 0.263 e. The first-order valence-corrected chi connectivity index (χ1v) is 6.77. The Bertz CT molecular complexity index is 845. The minimum atomic E-state index is -0.181. The molecule has 3 rings (SSSR count). The van der Waals surface area contributed by atoms with Crippen molar-refractivity contribution in [2.24, 2.45) is 5.84 Å². The van der Waals surface area contributed by atoms with Gasteiger partial charge in [-0.25, -0.2) is 10.8 Å². The lowest BCUT2D eigenvalue weighted by Crippen LogP contribution is -2.27. The van der Waals surface area contributed by atoms with Crippen molar-refractivity contribution in [1.82, 2.24) is 9.55 Å². The van der Waals surface area contributed by atoms with Crippen LogP contribution >= 0.6 is 11.6 Å². The van der Waals surface area contributed by atoms with E-state index in [1.54, 1.807) is 18.2 Å². The average Bonchev–Trinajstić information content (AvgIpc) is 2.51. The fraction of sp³-hybridized carbons (Fsp3) is 0.0667. The quantitative estimate of drug-likeness (QED) is 0.575. The number of halogens is 1. The molecule has 0 aliphatic carbocycles. The molecule has 0 aliphatic rings. The van der Waals surface area contributed by atoms with Crippen molar-refractivity contribution in [1.29, 1.82) is 0 Å². The molecule has 0 aliphatic heterocycles. The minimum Gasteiger partial charge on any atom is -0.294 e. The van der Waals surface area contributed by atoms with E-state index in [0.29, 0.717) is 28.4 Å². The molecule has 0 saturated carbocycles. The molecule has 5 nitrogen and oxygen atoms in total. The summed E-state index contributed by atoms with van der Waals surface area (Å²) in [4.78, 5) is 17.0. The highest BCUT2D eigenvalue weighted by atomic mass is 35.5. The molecular weight excluding hydrogens is 288 g/mol. The van der Waals surface area contributed by atoms with E-state index < -0.39 is 0 Å². The number of hydrazine groups is 1. The standard InChI is InChI=1S/C15H13ClN4O/c16-11-6-7-13-12(8-11)14(21)20(15(18-13)19-17)9-10-4-2-1-3-5-10/h1-8H,9,17H2,(H,18,19). The number of aromatic nitrogens is 2. The summed E-state index contributed by atoms with van der Waals surface area (Å²) >= 11 is 5.96. The summed E-state index contributed by atoms with van der Waals surface area (Å²) in [6.45, 7) is 0.384. The van der Waals surface area contributed by atoms with Crippen molar-refractivity contribution in [2.75, 3.05) is 5.43 Å². The van der Waals surface area contributed by atoms with Gasteiger partial charge in [0.15, 0.2) is 0 Å². The monoisotopic (exact) mass is 300 g/mol. The molecule has 2 aromatic carbocycles. The van der Waals surface area contributed by atoms with Crippen LogP contribution in [0, 0.1) is 0 Å². The Morgan fingerprint density at radius 2 is 1.95 bits per heavy atom. The van der Waals surface area contributed by atoms with Crippen molar-refractivity contribution in [3.63, 3.8) is 0 Å². The van der Waals surface area contributed by atoms with Gasteiger partial charge in [0, 0.05) is 5.02 Å². The Labute approximate surface area is 126 Å². The van der Waals surface area contributed by atoms with Crippen LogP contribution in [0.4, 0.5) is 5.95 Å². The molecule has 1 heterocycles. The normalized spacial score (nSPS) is 10.8. The molecule has 1 aromatic heterocycles. The number of rotatable bonds is 3. The van der Waals surface area contributed by atoms with E-state index in [0.717, 1.165) is 5.56 Å². The predicted molar refractivity (Wildman–Crippen MR) is 84.4 cm³/mol. The van der Waals surface area contributed by atoms with E-state index in [4.69, 9.17) is 17.4 Å². The van der Waals surface area contributed by atoms with Crippen LogP contribution in [0.1, 0.15) is 5.56 Å². The third-order valence-electron chi connectivity index (χ3n) is 3.23. The smallest absolute Gasteiger partial charge is 0.263 e. The third-order valence-corrected chi connectivity index (χ3v) is 3.46. The lowest BCUT2D eigenvalue weighted by molar-refractivity contribution is 0.754. The lowest BCUT2D eigenvalue weighted by atomic mass is 10.2. The second kappa shape index (κ2) is 5.55. The molecule has 0 atom stereocenters. The van der Waals surface area contributed by atoms with E-state index in [1.165, 1.54) is 4.57 Å². The van der Waals surface area contributed by atoms with Crippen molar-refractivity contribution in [3.05, 3.63) is 69.5 Å². The zero-order valence-corrected chi connectivity index (χ0v) is 11.8. The van der Waals surface area contributed by atoms with Gasteiger partial charge < -0.3 is 0 Å². The highest BCUT2D eigenvalue weighted by Gasteiger charge is 2.11. The van der Waals surface area contributed by atoms with Gasteiger partial charge in [-0.3, -0.25) is 14.8 Å². The Kier molecular flexibility index (Phi) is 3.60. The van der Waals surface area contributed by atoms with Gasteiger partial charge in [-0.05, 0) is 23.8 Å². The molecule has 0 spiro atoms. The predicted octanol–water partition coefficient (Wildman–Crippen LogP) is 2.38. The Balaban J connectivity index is 2.20. The maximum absolute atomic E-state index is 12.6. The van der Waals surface area contributed by atoms with Crippen LogP contribution in [0.5, 0.6) is 0 Å². The minimum absolute atomic E-state index is 0.181. The summed E-state index contributed by atoms with van der Waals surface area (Å²) in [6.07, 6.45) is 0. The molecule has 106 valence electrons. The number of nitrogens with two attached hydrogens (primary N) is 1. The number of nitrogens with zero attached hydrogens (tertiary/aromatic N) is 2. The first kappa shape index (κ1) is 13.6. The third kappa shape index (κ3) is 2.61. The van der Waals surface area contributed by atoms with Crippen LogP contribution in [-0.4, -0.2) is 9.55 Å². The van der Waals surface area contributed by atoms with E-state index in [9.17, 15) is 4.79 Å². The molecule has 0 bridgehead atoms. The highest BCUT2D eigenvalue weighted by Crippen LogP contribution is 2.17. The average molecular weight is 301 g/mol. The van der Waals surface area contributed by atoms with Crippen LogP contribution in [-0.2, 0) is 6.54 Å². The first-order valence-electron chi connectivity index (χ1n) is 6.39. The first-order chi connectivity index (χ1) is 10.2. The van der Waals surface area contributed by atoms with E-state index in [2.05, 4.69) is 10.4 Å². The van der Waals surface area contributed by atoms with Crippen LogP contribution < -0.4 is 16.8 Å². The molecule has 3 aromatic rings. The van der Waals surface area contributed by atoms with E-state index in [-0.39, 0.29) is 5.56 Å². The fourth-order valence-electron chi connectivity index (χ4n) is 2.22. The highest BCUT2D eigenvalue weighted by molar-refractivity contribution is 6.31. The lowest BCUT2D eigenvalue weighted by Gasteiger charge is -2.12. The van der Waals surface area contributed by atoms with Gasteiger partial charge in [0.25, 0.3) is 5.56 Å². The number of benzene rings is 2. The molecule has 21 heavy (non-hydrogen) atoms. The zero-order valence-electron chi connectivity index (χ0n) is 11.1. The van der Waals surface area contributed by atoms with Crippen LogP contribution in [0.15, 0.2) is 53.3 Å². The second-order valence-corrected chi connectivity index (χ2v) is 5.05. The largest absolute Gasteiger partial charge is 0.294 e. The Hall–Kier alpha value is -2.37. The topological polar surface area (TPSA) is 72.9 Å². The zero-order chi connectivity index (χ0) is 14.8. The SMILES string of the molecule is NNc1nc2ccc(Cl)cc2c(=O)n1Cc1ccccc1. The summed E-state index contributed by atoms with van der Waals surface area (Å²) in [5.41, 5.74) is 3.84. The number of hydrogen-bond donors (Lipinski definition) is 2. The number of hydrogen-bond acceptors (Lipinski definition) is 4. The summed E-state index contributed by atoms with van der Waals surface area (Å²) in [7, 11) is 0. The van der Waals surface area contributed by atoms with Crippen molar-refractivity contribution < 1.29 is 0 Å². The molecular formula is C15H13ClN4O. The Morgan fingerprint density at radius 3 is 2.67 bits per heavy atom. The summed E-state index contributed by atoms with van der Waals surface area (Å²) in [6, 6.07) is 14.7.